The number of pyridine rings is 1. The van der Waals surface area contributed by atoms with Crippen molar-refractivity contribution in [2.24, 2.45) is 0 Å². The molecule has 0 aliphatic carbocycles. The predicted molar refractivity (Wildman–Crippen MR) is 93.7 cm³/mol. The molecule has 0 aliphatic rings. The lowest BCUT2D eigenvalue weighted by atomic mass is 10.1. The molecule has 2 N–H and O–H groups in total. The van der Waals surface area contributed by atoms with E-state index in [1.54, 1.807) is 45.2 Å². The van der Waals surface area contributed by atoms with E-state index in [0.717, 1.165) is 11.1 Å². The molecule has 25 heavy (non-hydrogen) atoms. The van der Waals surface area contributed by atoms with Gasteiger partial charge in [-0.25, -0.2) is 4.79 Å². The molecule has 134 valence electrons. The van der Waals surface area contributed by atoms with Crippen LogP contribution >= 0.6 is 0 Å². The average molecular weight is 344 g/mol. The molecule has 0 saturated carbocycles. The highest BCUT2D eigenvalue weighted by molar-refractivity contribution is 5.68. The third kappa shape index (κ3) is 5.76. The zero-order valence-corrected chi connectivity index (χ0v) is 14.8. The van der Waals surface area contributed by atoms with Crippen LogP contribution in [0.1, 0.15) is 37.6 Å². The van der Waals surface area contributed by atoms with Gasteiger partial charge in [-0.1, -0.05) is 24.3 Å². The first kappa shape index (κ1) is 18.7. The van der Waals surface area contributed by atoms with Gasteiger partial charge < -0.3 is 14.9 Å². The monoisotopic (exact) mass is 344 g/mol. The van der Waals surface area contributed by atoms with Gasteiger partial charge in [-0.05, 0) is 44.0 Å². The fourth-order valence-electron chi connectivity index (χ4n) is 2.21. The van der Waals surface area contributed by atoms with Gasteiger partial charge in [0.15, 0.2) is 0 Å². The van der Waals surface area contributed by atoms with Crippen molar-refractivity contribution in [3.8, 4) is 5.75 Å². The summed E-state index contributed by atoms with van der Waals surface area (Å²) in [6.07, 6.45) is 1.09. The Bertz CT molecular complexity index is 708. The quantitative estimate of drug-likeness (QED) is 0.870. The van der Waals surface area contributed by atoms with E-state index in [9.17, 15) is 9.90 Å². The minimum atomic E-state index is -0.623. The van der Waals surface area contributed by atoms with Crippen LogP contribution in [0.15, 0.2) is 42.6 Å². The number of carbonyl (C=O) groups is 1. The number of hydrogen-bond acceptors (Lipinski definition) is 5. The van der Waals surface area contributed by atoms with Crippen LogP contribution in [-0.4, -0.2) is 31.8 Å². The minimum absolute atomic E-state index is 0.0299. The lowest BCUT2D eigenvalue weighted by Gasteiger charge is -2.27. The van der Waals surface area contributed by atoms with Gasteiger partial charge in [-0.3, -0.25) is 9.88 Å². The van der Waals surface area contributed by atoms with Crippen LogP contribution in [-0.2, 0) is 24.4 Å². The lowest BCUT2D eigenvalue weighted by molar-refractivity contribution is 0.0213. The SMILES string of the molecule is CC(C)(C)OC(=O)N(Cc1ccc(CO)cc1)Cc1ncccc1O. The van der Waals surface area contributed by atoms with Gasteiger partial charge in [-0.15, -0.1) is 0 Å². The standard InChI is InChI=1S/C19H24N2O4/c1-19(2,3)25-18(24)21(12-16-17(23)5-4-10-20-16)11-14-6-8-15(13-22)9-7-14/h4-10,22-23H,11-13H2,1-3H3. The Morgan fingerprint density at radius 1 is 1.12 bits per heavy atom. The summed E-state index contributed by atoms with van der Waals surface area (Å²) in [7, 11) is 0. The Morgan fingerprint density at radius 2 is 1.76 bits per heavy atom. The fraction of sp³-hybridized carbons (Fsp3) is 0.368. The maximum absolute atomic E-state index is 12.6. The van der Waals surface area contributed by atoms with Gasteiger partial charge in [-0.2, -0.15) is 0 Å². The van der Waals surface area contributed by atoms with Gasteiger partial charge in [0.05, 0.1) is 13.2 Å². The normalized spacial score (nSPS) is 11.2. The van der Waals surface area contributed by atoms with Crippen molar-refractivity contribution in [3.63, 3.8) is 0 Å². The van der Waals surface area contributed by atoms with Crippen LogP contribution in [0.2, 0.25) is 0 Å². The largest absolute Gasteiger partial charge is 0.506 e. The maximum Gasteiger partial charge on any atom is 0.410 e. The molecule has 0 unspecified atom stereocenters. The molecule has 1 heterocycles. The number of aliphatic hydroxyl groups is 1. The smallest absolute Gasteiger partial charge is 0.410 e. The van der Waals surface area contributed by atoms with Crippen molar-refractivity contribution in [1.29, 1.82) is 0 Å². The summed E-state index contributed by atoms with van der Waals surface area (Å²) in [6.45, 7) is 5.81. The van der Waals surface area contributed by atoms with Gasteiger partial charge in [0, 0.05) is 12.7 Å². The Kier molecular flexibility index (Phi) is 5.98. The number of rotatable bonds is 5. The highest BCUT2D eigenvalue weighted by Gasteiger charge is 2.23. The molecule has 2 aromatic rings. The molecule has 0 spiro atoms. The van der Waals surface area contributed by atoms with Crippen molar-refractivity contribution in [2.75, 3.05) is 0 Å². The van der Waals surface area contributed by atoms with Gasteiger partial charge >= 0.3 is 6.09 Å². The molecule has 6 nitrogen and oxygen atoms in total. The number of nitrogens with zero attached hydrogens (tertiary/aromatic N) is 2. The van der Waals surface area contributed by atoms with E-state index in [2.05, 4.69) is 4.98 Å². The maximum atomic E-state index is 12.6. The van der Waals surface area contributed by atoms with Crippen molar-refractivity contribution >= 4 is 6.09 Å². The summed E-state index contributed by atoms with van der Waals surface area (Å²) in [6, 6.07) is 10.5. The van der Waals surface area contributed by atoms with E-state index in [1.165, 1.54) is 11.0 Å². The van der Waals surface area contributed by atoms with E-state index in [4.69, 9.17) is 9.84 Å². The number of carbonyl (C=O) groups excluding carboxylic acids is 1. The van der Waals surface area contributed by atoms with Crippen LogP contribution in [0.4, 0.5) is 4.79 Å². The molecule has 1 aromatic heterocycles. The lowest BCUT2D eigenvalue weighted by Crippen LogP contribution is -2.36. The molecular weight excluding hydrogens is 320 g/mol. The van der Waals surface area contributed by atoms with Gasteiger partial charge in [0.2, 0.25) is 0 Å². The number of aliphatic hydroxyl groups excluding tert-OH is 1. The Morgan fingerprint density at radius 3 is 2.32 bits per heavy atom. The Balaban J connectivity index is 2.21. The second-order valence-corrected chi connectivity index (χ2v) is 6.78. The van der Waals surface area contributed by atoms with Crippen molar-refractivity contribution in [3.05, 3.63) is 59.4 Å². The molecule has 6 heteroatoms. The molecular formula is C19H24N2O4. The molecule has 1 aromatic carbocycles. The summed E-state index contributed by atoms with van der Waals surface area (Å²) >= 11 is 0. The molecule has 0 radical (unpaired) electrons. The molecule has 0 atom stereocenters. The second kappa shape index (κ2) is 7.98. The number of aromatic nitrogens is 1. The number of ether oxygens (including phenoxy) is 1. The molecule has 0 saturated heterocycles. The Hall–Kier alpha value is -2.60. The molecule has 2 rings (SSSR count). The molecule has 0 aliphatic heterocycles. The summed E-state index contributed by atoms with van der Waals surface area (Å²) in [5.74, 6) is 0.0340. The van der Waals surface area contributed by atoms with Crippen LogP contribution in [0.25, 0.3) is 0 Å². The van der Waals surface area contributed by atoms with Crippen molar-refractivity contribution < 1.29 is 19.7 Å². The van der Waals surface area contributed by atoms with Crippen LogP contribution < -0.4 is 0 Å². The zero-order chi connectivity index (χ0) is 18.4. The van der Waals surface area contributed by atoms with E-state index in [0.29, 0.717) is 12.2 Å². The highest BCUT2D eigenvalue weighted by atomic mass is 16.6. The third-order valence-corrected chi connectivity index (χ3v) is 3.44. The average Bonchev–Trinajstić information content (AvgIpc) is 2.55. The second-order valence-electron chi connectivity index (χ2n) is 6.78. The molecule has 0 bridgehead atoms. The number of hydrogen-bond donors (Lipinski definition) is 2. The van der Waals surface area contributed by atoms with E-state index >= 15 is 0 Å². The fourth-order valence-corrected chi connectivity index (χ4v) is 2.21. The first-order valence-electron chi connectivity index (χ1n) is 8.08. The van der Waals surface area contributed by atoms with Crippen LogP contribution in [0.5, 0.6) is 5.75 Å². The first-order chi connectivity index (χ1) is 11.8. The van der Waals surface area contributed by atoms with Gasteiger partial charge in [0.25, 0.3) is 0 Å². The topological polar surface area (TPSA) is 82.9 Å². The van der Waals surface area contributed by atoms with E-state index < -0.39 is 11.7 Å². The summed E-state index contributed by atoms with van der Waals surface area (Å²) in [4.78, 5) is 18.2. The van der Waals surface area contributed by atoms with Crippen LogP contribution in [0, 0.1) is 0 Å². The van der Waals surface area contributed by atoms with E-state index in [1.807, 2.05) is 12.1 Å². The van der Waals surface area contributed by atoms with Crippen LogP contribution in [0.3, 0.4) is 0 Å². The number of aromatic hydroxyl groups is 1. The summed E-state index contributed by atoms with van der Waals surface area (Å²) < 4.78 is 5.47. The van der Waals surface area contributed by atoms with Gasteiger partial charge in [0.1, 0.15) is 17.0 Å². The minimum Gasteiger partial charge on any atom is -0.506 e. The zero-order valence-electron chi connectivity index (χ0n) is 14.8. The summed E-state index contributed by atoms with van der Waals surface area (Å²) in [5.41, 5.74) is 1.47. The van der Waals surface area contributed by atoms with Crippen molar-refractivity contribution in [1.82, 2.24) is 9.88 Å². The number of benzene rings is 1. The van der Waals surface area contributed by atoms with E-state index in [-0.39, 0.29) is 18.9 Å². The Labute approximate surface area is 147 Å². The third-order valence-electron chi connectivity index (χ3n) is 3.44. The highest BCUT2D eigenvalue weighted by Crippen LogP contribution is 2.19. The predicted octanol–water partition coefficient (Wildman–Crippen LogP) is 3.22. The van der Waals surface area contributed by atoms with Crippen molar-refractivity contribution in [2.45, 2.75) is 46.1 Å². The molecule has 0 fully saturated rings. The summed E-state index contributed by atoms with van der Waals surface area (Å²) in [5, 5.41) is 19.1. The number of amides is 1. The first-order valence-corrected chi connectivity index (χ1v) is 8.08. The molecule has 1 amide bonds.